The molecule has 1 aromatic carbocycles. The van der Waals surface area contributed by atoms with Gasteiger partial charge in [0, 0.05) is 18.3 Å². The van der Waals surface area contributed by atoms with Crippen molar-refractivity contribution >= 4 is 0 Å². The van der Waals surface area contributed by atoms with Crippen molar-refractivity contribution in [3.63, 3.8) is 0 Å². The summed E-state index contributed by atoms with van der Waals surface area (Å²) >= 11 is 0. The topological polar surface area (TPSA) is 40.6 Å². The first-order valence-electron chi connectivity index (χ1n) is 5.51. The summed E-state index contributed by atoms with van der Waals surface area (Å²) in [5.41, 5.74) is 1.62. The molecule has 0 bridgehead atoms. The van der Waals surface area contributed by atoms with Crippen LogP contribution in [0, 0.1) is 0 Å². The lowest BCUT2D eigenvalue weighted by atomic mass is 10.1. The van der Waals surface area contributed by atoms with Gasteiger partial charge in [-0.1, -0.05) is 6.07 Å². The van der Waals surface area contributed by atoms with E-state index < -0.39 is 0 Å². The normalized spacial score (nSPS) is 9.94. The summed E-state index contributed by atoms with van der Waals surface area (Å²) in [6, 6.07) is 9.32. The monoisotopic (exact) mass is 245 g/mol. The predicted octanol–water partition coefficient (Wildman–Crippen LogP) is 2.77. The van der Waals surface area contributed by atoms with Crippen molar-refractivity contribution in [1.29, 1.82) is 0 Å². The molecule has 2 rings (SSSR count). The molecule has 0 saturated carbocycles. The zero-order valence-electron chi connectivity index (χ0n) is 10.6. The molecule has 18 heavy (non-hydrogen) atoms. The van der Waals surface area contributed by atoms with E-state index in [2.05, 4.69) is 4.98 Å². The van der Waals surface area contributed by atoms with Crippen LogP contribution in [-0.4, -0.2) is 26.3 Å². The van der Waals surface area contributed by atoms with Gasteiger partial charge in [-0.25, -0.2) is 0 Å². The Kier molecular flexibility index (Phi) is 3.67. The van der Waals surface area contributed by atoms with Crippen LogP contribution >= 0.6 is 0 Å². The summed E-state index contributed by atoms with van der Waals surface area (Å²) in [7, 11) is 4.83. The van der Waals surface area contributed by atoms with Gasteiger partial charge in [0.15, 0.2) is 0 Å². The van der Waals surface area contributed by atoms with Gasteiger partial charge in [0.25, 0.3) is 0 Å². The summed E-state index contributed by atoms with van der Waals surface area (Å²) in [6.07, 6.45) is 1.73. The summed E-state index contributed by atoms with van der Waals surface area (Å²) in [5.74, 6) is 2.03. The molecule has 0 aliphatic heterocycles. The van der Waals surface area contributed by atoms with E-state index in [9.17, 15) is 0 Å². The summed E-state index contributed by atoms with van der Waals surface area (Å²) < 4.78 is 16.0. The molecular weight excluding hydrogens is 230 g/mol. The van der Waals surface area contributed by atoms with Crippen LogP contribution in [0.1, 0.15) is 0 Å². The van der Waals surface area contributed by atoms with E-state index in [1.807, 2.05) is 30.3 Å². The number of nitrogens with zero attached hydrogens (tertiary/aromatic N) is 1. The van der Waals surface area contributed by atoms with Crippen LogP contribution in [0.4, 0.5) is 0 Å². The van der Waals surface area contributed by atoms with Gasteiger partial charge in [-0.05, 0) is 12.1 Å². The van der Waals surface area contributed by atoms with Gasteiger partial charge in [-0.2, -0.15) is 0 Å². The molecule has 0 N–H and O–H groups in total. The fraction of sp³-hybridized carbons (Fsp3) is 0.214. The number of rotatable bonds is 4. The van der Waals surface area contributed by atoms with E-state index in [-0.39, 0.29) is 0 Å². The maximum atomic E-state index is 5.38. The van der Waals surface area contributed by atoms with E-state index in [4.69, 9.17) is 14.2 Å². The molecule has 0 saturated heterocycles. The third kappa shape index (κ3) is 2.22. The Bertz CT molecular complexity index is 501. The van der Waals surface area contributed by atoms with Crippen molar-refractivity contribution in [1.82, 2.24) is 4.98 Å². The Morgan fingerprint density at radius 1 is 0.889 bits per heavy atom. The largest absolute Gasteiger partial charge is 0.496 e. The number of pyridine rings is 1. The van der Waals surface area contributed by atoms with Gasteiger partial charge in [-0.15, -0.1) is 0 Å². The third-order valence-corrected chi connectivity index (χ3v) is 2.64. The van der Waals surface area contributed by atoms with Gasteiger partial charge < -0.3 is 14.2 Å². The SMILES string of the molecule is COc1cc(OC)c(-c2ccccn2)c(OC)c1. The molecule has 0 unspecified atom stereocenters. The number of ether oxygens (including phenoxy) is 3. The average molecular weight is 245 g/mol. The highest BCUT2D eigenvalue weighted by Gasteiger charge is 2.15. The lowest BCUT2D eigenvalue weighted by molar-refractivity contribution is 0.377. The standard InChI is InChI=1S/C14H15NO3/c1-16-10-8-12(17-2)14(13(9-10)18-3)11-6-4-5-7-15-11/h4-9H,1-3H3. The molecule has 0 radical (unpaired) electrons. The Labute approximate surface area is 106 Å². The summed E-state index contributed by atoms with van der Waals surface area (Å²) in [5, 5.41) is 0. The molecule has 0 amide bonds. The predicted molar refractivity (Wildman–Crippen MR) is 69.3 cm³/mol. The van der Waals surface area contributed by atoms with Crippen molar-refractivity contribution < 1.29 is 14.2 Å². The fourth-order valence-corrected chi connectivity index (χ4v) is 1.77. The van der Waals surface area contributed by atoms with Crippen molar-refractivity contribution in [2.24, 2.45) is 0 Å². The second-order valence-corrected chi connectivity index (χ2v) is 3.62. The third-order valence-electron chi connectivity index (χ3n) is 2.64. The smallest absolute Gasteiger partial charge is 0.135 e. The summed E-state index contributed by atoms with van der Waals surface area (Å²) in [6.45, 7) is 0. The first-order chi connectivity index (χ1) is 8.80. The lowest BCUT2D eigenvalue weighted by Crippen LogP contribution is -1.96. The maximum Gasteiger partial charge on any atom is 0.135 e. The van der Waals surface area contributed by atoms with Crippen LogP contribution in [0.3, 0.4) is 0 Å². The van der Waals surface area contributed by atoms with Crippen LogP contribution in [0.15, 0.2) is 36.5 Å². The number of hydrogen-bond acceptors (Lipinski definition) is 4. The van der Waals surface area contributed by atoms with E-state index in [1.165, 1.54) is 0 Å². The Balaban J connectivity index is 2.64. The molecule has 0 spiro atoms. The van der Waals surface area contributed by atoms with Crippen LogP contribution in [0.25, 0.3) is 11.3 Å². The lowest BCUT2D eigenvalue weighted by Gasteiger charge is -2.14. The quantitative estimate of drug-likeness (QED) is 0.830. The first-order valence-corrected chi connectivity index (χ1v) is 5.51. The molecule has 2 aromatic rings. The molecule has 4 nitrogen and oxygen atoms in total. The molecule has 0 aliphatic carbocycles. The van der Waals surface area contributed by atoms with Gasteiger partial charge in [-0.3, -0.25) is 4.98 Å². The second-order valence-electron chi connectivity index (χ2n) is 3.62. The Morgan fingerprint density at radius 2 is 1.56 bits per heavy atom. The number of methoxy groups -OCH3 is 3. The molecule has 1 aromatic heterocycles. The molecule has 0 aliphatic rings. The van der Waals surface area contributed by atoms with Gasteiger partial charge in [0.1, 0.15) is 17.2 Å². The zero-order valence-corrected chi connectivity index (χ0v) is 10.6. The molecule has 4 heteroatoms. The van der Waals surface area contributed by atoms with Crippen molar-refractivity contribution in [2.45, 2.75) is 0 Å². The average Bonchev–Trinajstić information content (AvgIpc) is 2.46. The van der Waals surface area contributed by atoms with Crippen LogP contribution in [-0.2, 0) is 0 Å². The number of benzene rings is 1. The Hall–Kier alpha value is -2.23. The Morgan fingerprint density at radius 3 is 2.00 bits per heavy atom. The minimum atomic E-state index is 0.671. The number of hydrogen-bond donors (Lipinski definition) is 0. The van der Waals surface area contributed by atoms with Gasteiger partial charge in [0.05, 0.1) is 32.6 Å². The van der Waals surface area contributed by atoms with E-state index in [0.717, 1.165) is 11.3 Å². The van der Waals surface area contributed by atoms with Crippen LogP contribution in [0.5, 0.6) is 17.2 Å². The van der Waals surface area contributed by atoms with E-state index >= 15 is 0 Å². The van der Waals surface area contributed by atoms with E-state index in [0.29, 0.717) is 17.2 Å². The highest BCUT2D eigenvalue weighted by atomic mass is 16.5. The van der Waals surface area contributed by atoms with Gasteiger partial charge in [0.2, 0.25) is 0 Å². The van der Waals surface area contributed by atoms with Gasteiger partial charge >= 0.3 is 0 Å². The molecule has 1 heterocycles. The highest BCUT2D eigenvalue weighted by molar-refractivity contribution is 5.75. The summed E-state index contributed by atoms with van der Waals surface area (Å²) in [4.78, 5) is 4.32. The molecular formula is C14H15NO3. The van der Waals surface area contributed by atoms with Crippen molar-refractivity contribution in [2.75, 3.05) is 21.3 Å². The minimum absolute atomic E-state index is 0.671. The first kappa shape index (κ1) is 12.2. The second kappa shape index (κ2) is 5.40. The zero-order chi connectivity index (χ0) is 13.0. The van der Waals surface area contributed by atoms with Crippen molar-refractivity contribution in [3.05, 3.63) is 36.5 Å². The molecule has 94 valence electrons. The highest BCUT2D eigenvalue weighted by Crippen LogP contribution is 2.40. The molecule has 0 atom stereocenters. The minimum Gasteiger partial charge on any atom is -0.496 e. The maximum absolute atomic E-state index is 5.38. The van der Waals surface area contributed by atoms with Crippen LogP contribution < -0.4 is 14.2 Å². The number of aromatic nitrogens is 1. The van der Waals surface area contributed by atoms with Crippen LogP contribution in [0.2, 0.25) is 0 Å². The fourth-order valence-electron chi connectivity index (χ4n) is 1.77. The van der Waals surface area contributed by atoms with E-state index in [1.54, 1.807) is 27.5 Å². The van der Waals surface area contributed by atoms with Crippen molar-refractivity contribution in [3.8, 4) is 28.5 Å². The molecule has 0 fully saturated rings.